The van der Waals surface area contributed by atoms with Crippen molar-refractivity contribution < 1.29 is 14.8 Å². The van der Waals surface area contributed by atoms with Gasteiger partial charge in [-0.25, -0.2) is 0 Å². The molecule has 0 aliphatic heterocycles. The molecule has 0 spiro atoms. The first-order valence-electron chi connectivity index (χ1n) is 6.28. The number of aliphatic hydroxyl groups is 1. The molecular formula is C14H14N2O4S. The van der Waals surface area contributed by atoms with Crippen LogP contribution in [-0.2, 0) is 11.2 Å². The highest BCUT2D eigenvalue weighted by atomic mass is 32.1. The van der Waals surface area contributed by atoms with Crippen molar-refractivity contribution in [2.75, 3.05) is 6.54 Å². The number of non-ortho nitro benzene ring substituents is 1. The molecule has 2 aromatic rings. The molecule has 1 aromatic carbocycles. The summed E-state index contributed by atoms with van der Waals surface area (Å²) in [6.07, 6.45) is -0.696. The number of hydrogen-bond donors (Lipinski definition) is 2. The summed E-state index contributed by atoms with van der Waals surface area (Å²) in [5, 5.41) is 25.0. The van der Waals surface area contributed by atoms with Crippen LogP contribution in [0.2, 0.25) is 0 Å². The van der Waals surface area contributed by atoms with Crippen LogP contribution in [0.3, 0.4) is 0 Å². The number of carbonyl (C=O) groups excluding carboxylic acids is 1. The molecule has 1 unspecified atom stereocenters. The Kier molecular flexibility index (Phi) is 5.02. The summed E-state index contributed by atoms with van der Waals surface area (Å²) in [6.45, 7) is 0.119. The number of nitro groups is 1. The van der Waals surface area contributed by atoms with Gasteiger partial charge in [0.15, 0.2) is 0 Å². The highest BCUT2D eigenvalue weighted by molar-refractivity contribution is 7.10. The lowest BCUT2D eigenvalue weighted by molar-refractivity contribution is -0.384. The van der Waals surface area contributed by atoms with E-state index < -0.39 is 11.0 Å². The van der Waals surface area contributed by atoms with E-state index in [-0.39, 0.29) is 24.6 Å². The average molecular weight is 306 g/mol. The van der Waals surface area contributed by atoms with E-state index in [1.165, 1.54) is 23.5 Å². The third-order valence-corrected chi connectivity index (χ3v) is 3.82. The van der Waals surface area contributed by atoms with Crippen LogP contribution < -0.4 is 5.32 Å². The highest BCUT2D eigenvalue weighted by Gasteiger charge is 2.12. The van der Waals surface area contributed by atoms with Gasteiger partial charge in [0.1, 0.15) is 6.10 Å². The zero-order valence-corrected chi connectivity index (χ0v) is 11.9. The number of nitrogens with one attached hydrogen (secondary N) is 1. The second-order valence-electron chi connectivity index (χ2n) is 4.44. The van der Waals surface area contributed by atoms with Gasteiger partial charge in [0.05, 0.1) is 11.3 Å². The molecule has 1 atom stereocenters. The van der Waals surface area contributed by atoms with Crippen LogP contribution in [0, 0.1) is 10.1 Å². The molecule has 1 aromatic heterocycles. The maximum atomic E-state index is 11.8. The number of nitro benzene ring substituents is 1. The van der Waals surface area contributed by atoms with E-state index in [1.807, 2.05) is 11.4 Å². The predicted octanol–water partition coefficient (Wildman–Crippen LogP) is 2.05. The second-order valence-corrected chi connectivity index (χ2v) is 5.42. The molecule has 0 fully saturated rings. The maximum Gasteiger partial charge on any atom is 0.269 e. The molecule has 21 heavy (non-hydrogen) atoms. The lowest BCUT2D eigenvalue weighted by Gasteiger charge is -2.10. The van der Waals surface area contributed by atoms with Gasteiger partial charge in [-0.3, -0.25) is 14.9 Å². The van der Waals surface area contributed by atoms with E-state index in [2.05, 4.69) is 5.32 Å². The Morgan fingerprint density at radius 2 is 2.19 bits per heavy atom. The minimum Gasteiger partial charge on any atom is -0.386 e. The number of aliphatic hydroxyl groups excluding tert-OH is 1. The van der Waals surface area contributed by atoms with Crippen LogP contribution in [0.5, 0.6) is 0 Å². The van der Waals surface area contributed by atoms with Crippen LogP contribution in [0.4, 0.5) is 5.69 Å². The standard InChI is InChI=1S/C14H14N2O4S/c17-12(13-5-2-6-21-13)9-15-14(18)8-10-3-1-4-11(7-10)16(19)20/h1-7,12,17H,8-9H2,(H,15,18). The number of hydrogen-bond acceptors (Lipinski definition) is 5. The van der Waals surface area contributed by atoms with E-state index in [9.17, 15) is 20.0 Å². The number of nitrogens with zero attached hydrogens (tertiary/aromatic N) is 1. The first kappa shape index (κ1) is 15.1. The fourth-order valence-corrected chi connectivity index (χ4v) is 2.53. The summed E-state index contributed by atoms with van der Waals surface area (Å²) in [5.41, 5.74) is 0.520. The number of carbonyl (C=O) groups is 1. The van der Waals surface area contributed by atoms with Crippen molar-refractivity contribution in [2.24, 2.45) is 0 Å². The summed E-state index contributed by atoms with van der Waals surface area (Å²) < 4.78 is 0. The molecule has 7 heteroatoms. The Morgan fingerprint density at radius 3 is 2.86 bits per heavy atom. The monoisotopic (exact) mass is 306 g/mol. The zero-order chi connectivity index (χ0) is 15.2. The Balaban J connectivity index is 1.87. The minimum atomic E-state index is -0.737. The molecule has 2 N–H and O–H groups in total. The van der Waals surface area contributed by atoms with Crippen molar-refractivity contribution in [1.82, 2.24) is 5.32 Å². The molecule has 110 valence electrons. The minimum absolute atomic E-state index is 0.0405. The molecule has 0 bridgehead atoms. The number of benzene rings is 1. The lowest BCUT2D eigenvalue weighted by atomic mass is 10.1. The maximum absolute atomic E-state index is 11.8. The van der Waals surface area contributed by atoms with Gasteiger partial charge in [-0.2, -0.15) is 0 Å². The predicted molar refractivity (Wildman–Crippen MR) is 79.1 cm³/mol. The Hall–Kier alpha value is -2.25. The van der Waals surface area contributed by atoms with Gasteiger partial charge in [0.2, 0.25) is 5.91 Å². The third-order valence-electron chi connectivity index (χ3n) is 2.85. The zero-order valence-electron chi connectivity index (χ0n) is 11.1. The van der Waals surface area contributed by atoms with Crippen molar-refractivity contribution in [1.29, 1.82) is 0 Å². The van der Waals surface area contributed by atoms with Crippen molar-refractivity contribution in [3.8, 4) is 0 Å². The third kappa shape index (κ3) is 4.37. The lowest BCUT2D eigenvalue weighted by Crippen LogP contribution is -2.29. The summed E-state index contributed by atoms with van der Waals surface area (Å²) >= 11 is 1.42. The summed E-state index contributed by atoms with van der Waals surface area (Å²) in [4.78, 5) is 22.7. The molecule has 0 aliphatic carbocycles. The van der Waals surface area contributed by atoms with Crippen LogP contribution in [0.1, 0.15) is 16.5 Å². The SMILES string of the molecule is O=C(Cc1cccc([N+](=O)[O-])c1)NCC(O)c1cccs1. The van der Waals surface area contributed by atoms with Gasteiger partial charge in [-0.1, -0.05) is 18.2 Å². The van der Waals surface area contributed by atoms with Crippen LogP contribution in [0.25, 0.3) is 0 Å². The summed E-state index contributed by atoms with van der Waals surface area (Å²) in [7, 11) is 0. The van der Waals surface area contributed by atoms with Crippen molar-refractivity contribution in [3.63, 3.8) is 0 Å². The molecule has 0 radical (unpaired) electrons. The normalized spacial score (nSPS) is 11.9. The average Bonchev–Trinajstić information content (AvgIpc) is 2.99. The quantitative estimate of drug-likeness (QED) is 0.631. The largest absolute Gasteiger partial charge is 0.386 e. The molecule has 2 rings (SSSR count). The molecule has 0 saturated carbocycles. The van der Waals surface area contributed by atoms with Gasteiger partial charge < -0.3 is 10.4 Å². The van der Waals surface area contributed by atoms with Crippen LogP contribution in [0.15, 0.2) is 41.8 Å². The van der Waals surface area contributed by atoms with Gasteiger partial charge in [0, 0.05) is 23.6 Å². The van der Waals surface area contributed by atoms with E-state index in [0.717, 1.165) is 4.88 Å². The molecule has 6 nitrogen and oxygen atoms in total. The van der Waals surface area contributed by atoms with Crippen LogP contribution >= 0.6 is 11.3 Å². The number of amides is 1. The Morgan fingerprint density at radius 1 is 1.38 bits per heavy atom. The summed E-state index contributed by atoms with van der Waals surface area (Å²) in [5.74, 6) is -0.286. The van der Waals surface area contributed by atoms with Gasteiger partial charge >= 0.3 is 0 Å². The van der Waals surface area contributed by atoms with Gasteiger partial charge in [-0.05, 0) is 17.0 Å². The van der Waals surface area contributed by atoms with Crippen molar-refractivity contribution in [3.05, 3.63) is 62.3 Å². The molecule has 1 heterocycles. The Labute approximate surface area is 125 Å². The highest BCUT2D eigenvalue weighted by Crippen LogP contribution is 2.18. The van der Waals surface area contributed by atoms with Crippen molar-refractivity contribution >= 4 is 22.9 Å². The van der Waals surface area contributed by atoms with E-state index in [1.54, 1.807) is 18.2 Å². The molecule has 0 saturated heterocycles. The molecular weight excluding hydrogens is 292 g/mol. The molecule has 0 aliphatic rings. The van der Waals surface area contributed by atoms with Crippen LogP contribution in [-0.4, -0.2) is 22.5 Å². The van der Waals surface area contributed by atoms with Crippen molar-refractivity contribution in [2.45, 2.75) is 12.5 Å². The topological polar surface area (TPSA) is 92.5 Å². The fourth-order valence-electron chi connectivity index (χ4n) is 1.82. The second kappa shape index (κ2) is 6.96. The first-order valence-corrected chi connectivity index (χ1v) is 7.15. The van der Waals surface area contributed by atoms with E-state index in [0.29, 0.717) is 5.56 Å². The molecule has 1 amide bonds. The smallest absolute Gasteiger partial charge is 0.269 e. The Bertz CT molecular complexity index is 628. The number of rotatable bonds is 6. The first-order chi connectivity index (χ1) is 10.1. The number of thiophene rings is 1. The van der Waals surface area contributed by atoms with Gasteiger partial charge in [-0.15, -0.1) is 11.3 Å². The summed E-state index contributed by atoms with van der Waals surface area (Å²) in [6, 6.07) is 9.57. The van der Waals surface area contributed by atoms with E-state index >= 15 is 0 Å². The van der Waals surface area contributed by atoms with Gasteiger partial charge in [0.25, 0.3) is 5.69 Å². The fraction of sp³-hybridized carbons (Fsp3) is 0.214. The van der Waals surface area contributed by atoms with E-state index in [4.69, 9.17) is 0 Å².